The third-order valence-corrected chi connectivity index (χ3v) is 10.3. The van der Waals surface area contributed by atoms with Crippen molar-refractivity contribution in [3.63, 3.8) is 0 Å². The molecule has 0 aliphatic carbocycles. The zero-order valence-corrected chi connectivity index (χ0v) is 28.7. The van der Waals surface area contributed by atoms with Gasteiger partial charge in [0, 0.05) is 51.8 Å². The van der Waals surface area contributed by atoms with E-state index < -0.39 is 11.4 Å². The molecule has 2 bridgehead atoms. The molecular formula is C39H43ClN3O5+. The van der Waals surface area contributed by atoms with Crippen LogP contribution >= 0.6 is 11.6 Å². The summed E-state index contributed by atoms with van der Waals surface area (Å²) in [6.45, 7) is 4.67. The number of carbonyl (C=O) groups is 2. The van der Waals surface area contributed by atoms with Gasteiger partial charge in [-0.25, -0.2) is 0 Å². The predicted molar refractivity (Wildman–Crippen MR) is 190 cm³/mol. The van der Waals surface area contributed by atoms with Crippen molar-refractivity contribution in [2.75, 3.05) is 53.2 Å². The average molecular weight is 669 g/mol. The maximum Gasteiger partial charge on any atom is 0.322 e. The highest BCUT2D eigenvalue weighted by Crippen LogP contribution is 2.52. The number of ether oxygens (including phenoxy) is 3. The molecule has 2 aliphatic rings. The van der Waals surface area contributed by atoms with E-state index in [1.54, 1.807) is 32.4 Å². The molecule has 0 radical (unpaired) electrons. The first-order chi connectivity index (χ1) is 23.1. The second-order valence-electron chi connectivity index (χ2n) is 13.0. The normalized spacial score (nSPS) is 22.3. The van der Waals surface area contributed by atoms with E-state index in [1.807, 2.05) is 48.5 Å². The standard InChI is InChI=1S/C39H43ClN3O5/c1-5-25-18-27-21-39(38(45)48-4,36-34(46-2)19-29(41)20-35(36)47-3)37-32(31-8-6-7-9-33(31)42-37)16-17-43(22-25,23-27)24-30(44)15-12-26-10-13-28(40)14-11-26/h6-15,18-20,27,42H,5,16-17,21-24,41H2,1-4H3/q+1/b15-12+/t27-,39+,43-/m1/s1. The molecule has 3 heterocycles. The number of methoxy groups -OCH3 is 3. The number of para-hydroxylation sites is 1. The molecule has 0 amide bonds. The van der Waals surface area contributed by atoms with Crippen LogP contribution in [0, 0.1) is 5.92 Å². The van der Waals surface area contributed by atoms with E-state index in [9.17, 15) is 9.59 Å². The van der Waals surface area contributed by atoms with Gasteiger partial charge in [-0.1, -0.05) is 61.0 Å². The fourth-order valence-electron chi connectivity index (χ4n) is 8.01. The van der Waals surface area contributed by atoms with Crippen molar-refractivity contribution in [3.05, 3.63) is 106 Å². The molecule has 4 aromatic rings. The molecule has 0 saturated heterocycles. The van der Waals surface area contributed by atoms with Crippen LogP contribution in [-0.2, 0) is 26.2 Å². The first kappa shape index (κ1) is 33.4. The SMILES string of the molecule is CCC1=C[C@@H]2C[C@](C(=O)OC)(c3c(OC)cc(N)cc3OC)c3[nH]c4ccccc4c3CC[N@@+](CC(=O)/C=C/c3ccc(Cl)cc3)(C1)C2. The van der Waals surface area contributed by atoms with Crippen LogP contribution in [0.15, 0.2) is 78.4 Å². The summed E-state index contributed by atoms with van der Waals surface area (Å²) in [5.74, 6) is 0.446. The molecular weight excluding hydrogens is 626 g/mol. The van der Waals surface area contributed by atoms with Crippen LogP contribution in [0.25, 0.3) is 17.0 Å². The van der Waals surface area contributed by atoms with Gasteiger partial charge in [0.1, 0.15) is 30.0 Å². The number of halogens is 1. The fourth-order valence-corrected chi connectivity index (χ4v) is 8.14. The molecule has 9 heteroatoms. The van der Waals surface area contributed by atoms with Crippen LogP contribution in [0.1, 0.15) is 42.1 Å². The summed E-state index contributed by atoms with van der Waals surface area (Å²) in [7, 11) is 4.57. The topological polar surface area (TPSA) is 104 Å². The predicted octanol–water partition coefficient (Wildman–Crippen LogP) is 6.89. The molecule has 250 valence electrons. The molecule has 0 unspecified atom stereocenters. The summed E-state index contributed by atoms with van der Waals surface area (Å²) in [5.41, 5.74) is 10.9. The highest BCUT2D eigenvalue weighted by molar-refractivity contribution is 6.30. The van der Waals surface area contributed by atoms with Gasteiger partial charge in [0.05, 0.1) is 40.0 Å². The number of nitrogens with one attached hydrogen (secondary N) is 1. The summed E-state index contributed by atoms with van der Waals surface area (Å²) >= 11 is 6.07. The number of H-pyrrole nitrogens is 1. The largest absolute Gasteiger partial charge is 0.496 e. The lowest BCUT2D eigenvalue weighted by Crippen LogP contribution is -2.57. The zero-order valence-electron chi connectivity index (χ0n) is 28.0. The minimum absolute atomic E-state index is 0.0561. The van der Waals surface area contributed by atoms with Gasteiger partial charge in [-0.05, 0) is 53.8 Å². The lowest BCUT2D eigenvalue weighted by molar-refractivity contribution is -0.920. The zero-order chi connectivity index (χ0) is 34.1. The Kier molecular flexibility index (Phi) is 9.41. The number of anilines is 1. The van der Waals surface area contributed by atoms with Gasteiger partial charge in [-0.3, -0.25) is 9.59 Å². The molecule has 1 aromatic heterocycles. The van der Waals surface area contributed by atoms with Gasteiger partial charge in [0.25, 0.3) is 0 Å². The Labute approximate surface area is 286 Å². The van der Waals surface area contributed by atoms with Crippen molar-refractivity contribution in [1.82, 2.24) is 4.98 Å². The van der Waals surface area contributed by atoms with Gasteiger partial charge >= 0.3 is 5.97 Å². The van der Waals surface area contributed by atoms with E-state index in [4.69, 9.17) is 31.5 Å². The van der Waals surface area contributed by atoms with Crippen LogP contribution in [0.4, 0.5) is 5.69 Å². The number of carbonyl (C=O) groups excluding carboxylic acids is 2. The summed E-state index contributed by atoms with van der Waals surface area (Å²) in [6, 6.07) is 19.0. The first-order valence-corrected chi connectivity index (χ1v) is 16.7. The summed E-state index contributed by atoms with van der Waals surface area (Å²) in [4.78, 5) is 32.1. The molecule has 0 saturated carbocycles. The summed E-state index contributed by atoms with van der Waals surface area (Å²) in [5, 5.41) is 1.68. The van der Waals surface area contributed by atoms with E-state index in [0.717, 1.165) is 47.2 Å². The third-order valence-electron chi connectivity index (χ3n) is 10.0. The lowest BCUT2D eigenvalue weighted by Gasteiger charge is -2.44. The number of hydrogen-bond acceptors (Lipinski definition) is 6. The van der Waals surface area contributed by atoms with E-state index in [1.165, 1.54) is 12.7 Å². The number of rotatable bonds is 9. The van der Waals surface area contributed by atoms with Crippen molar-refractivity contribution in [2.45, 2.75) is 31.6 Å². The number of esters is 1. The summed E-state index contributed by atoms with van der Waals surface area (Å²) in [6.07, 6.45) is 7.70. The number of nitrogen functional groups attached to an aromatic ring is 1. The number of aromatic nitrogens is 1. The Hall–Kier alpha value is -4.53. The van der Waals surface area contributed by atoms with Gasteiger partial charge in [0.2, 0.25) is 5.78 Å². The van der Waals surface area contributed by atoms with Gasteiger partial charge in [-0.2, -0.15) is 0 Å². The maximum absolute atomic E-state index is 14.7. The molecule has 3 atom stereocenters. The molecule has 8 nitrogen and oxygen atoms in total. The second kappa shape index (κ2) is 13.5. The van der Waals surface area contributed by atoms with Crippen molar-refractivity contribution in [2.24, 2.45) is 5.92 Å². The average Bonchev–Trinajstić information content (AvgIpc) is 3.48. The Morgan fingerprint density at radius 2 is 1.77 bits per heavy atom. The van der Waals surface area contributed by atoms with E-state index in [2.05, 4.69) is 24.1 Å². The van der Waals surface area contributed by atoms with Crippen LogP contribution in [0.2, 0.25) is 5.02 Å². The summed E-state index contributed by atoms with van der Waals surface area (Å²) < 4.78 is 18.2. The monoisotopic (exact) mass is 668 g/mol. The lowest BCUT2D eigenvalue weighted by atomic mass is 9.68. The number of hydrogen-bond donors (Lipinski definition) is 2. The minimum atomic E-state index is -1.34. The molecule has 0 fully saturated rings. The van der Waals surface area contributed by atoms with Crippen molar-refractivity contribution >= 4 is 46.0 Å². The molecule has 0 spiro atoms. The fraction of sp³-hybridized carbons (Fsp3) is 0.333. The van der Waals surface area contributed by atoms with Crippen LogP contribution in [0.5, 0.6) is 11.5 Å². The van der Waals surface area contributed by atoms with Gasteiger partial charge in [0.15, 0.2) is 0 Å². The Balaban J connectivity index is 1.55. The minimum Gasteiger partial charge on any atom is -0.496 e. The number of quaternary nitrogens is 1. The number of ketones is 1. The number of fused-ring (bicyclic) bond motifs is 5. The smallest absolute Gasteiger partial charge is 0.322 e. The quantitative estimate of drug-likeness (QED) is 0.0662. The molecule has 3 aromatic carbocycles. The van der Waals surface area contributed by atoms with Crippen molar-refractivity contribution in [1.29, 1.82) is 0 Å². The van der Waals surface area contributed by atoms with E-state index >= 15 is 0 Å². The first-order valence-electron chi connectivity index (χ1n) is 16.4. The second-order valence-corrected chi connectivity index (χ2v) is 13.5. The molecule has 48 heavy (non-hydrogen) atoms. The van der Waals surface area contributed by atoms with Crippen molar-refractivity contribution < 1.29 is 28.3 Å². The highest BCUT2D eigenvalue weighted by Gasteiger charge is 2.54. The number of nitrogens with zero attached hydrogens (tertiary/aromatic N) is 1. The van der Waals surface area contributed by atoms with Crippen LogP contribution < -0.4 is 15.2 Å². The van der Waals surface area contributed by atoms with Gasteiger partial charge in [-0.15, -0.1) is 0 Å². The highest BCUT2D eigenvalue weighted by atomic mass is 35.5. The van der Waals surface area contributed by atoms with Crippen molar-refractivity contribution in [3.8, 4) is 11.5 Å². The third kappa shape index (κ3) is 6.11. The molecule has 2 aliphatic heterocycles. The Morgan fingerprint density at radius 3 is 2.44 bits per heavy atom. The van der Waals surface area contributed by atoms with Gasteiger partial charge < -0.3 is 29.4 Å². The van der Waals surface area contributed by atoms with Crippen LogP contribution in [-0.4, -0.2) is 68.7 Å². The number of nitrogens with two attached hydrogens (primary N) is 1. The maximum atomic E-state index is 14.7. The Morgan fingerprint density at radius 1 is 1.06 bits per heavy atom. The number of aromatic amines is 1. The van der Waals surface area contributed by atoms with E-state index in [0.29, 0.717) is 58.2 Å². The Bertz CT molecular complexity index is 1890. The van der Waals surface area contributed by atoms with E-state index in [-0.39, 0.29) is 11.7 Å². The number of benzene rings is 3. The van der Waals surface area contributed by atoms with Crippen LogP contribution in [0.3, 0.4) is 0 Å². The molecule has 6 rings (SSSR count). The molecule has 3 N–H and O–H groups in total.